The third kappa shape index (κ3) is 2.82. The Morgan fingerprint density at radius 2 is 2.25 bits per heavy atom. The van der Waals surface area contributed by atoms with E-state index in [1.807, 2.05) is 6.20 Å². The highest BCUT2D eigenvalue weighted by atomic mass is 127. The van der Waals surface area contributed by atoms with Gasteiger partial charge in [-0.3, -0.25) is 0 Å². The third-order valence-electron chi connectivity index (χ3n) is 3.21. The maximum Gasteiger partial charge on any atom is 0.143 e. The second-order valence-corrected chi connectivity index (χ2v) is 5.41. The van der Waals surface area contributed by atoms with Gasteiger partial charge >= 0.3 is 0 Å². The summed E-state index contributed by atoms with van der Waals surface area (Å²) < 4.78 is 1.05. The molecular weight excluding hydrogens is 315 g/mol. The molecule has 0 aliphatic heterocycles. The number of halogens is 1. The Morgan fingerprint density at radius 1 is 1.50 bits per heavy atom. The number of nitrogens with two attached hydrogens (primary N) is 1. The average Bonchev–Trinajstić information content (AvgIpc) is 2.81. The molecule has 1 saturated carbocycles. The maximum atomic E-state index is 5.84. The summed E-state index contributed by atoms with van der Waals surface area (Å²) in [4.78, 5) is 8.24. The van der Waals surface area contributed by atoms with E-state index >= 15 is 0 Å². The van der Waals surface area contributed by atoms with Gasteiger partial charge in [-0.1, -0.05) is 12.8 Å². The molecule has 0 bridgehead atoms. The monoisotopic (exact) mass is 332 g/mol. The molecule has 16 heavy (non-hydrogen) atoms. The molecule has 88 valence electrons. The second-order valence-electron chi connectivity index (χ2n) is 4.25. The number of nitrogens with one attached hydrogen (secondary N) is 1. The Morgan fingerprint density at radius 3 is 2.88 bits per heavy atom. The van der Waals surface area contributed by atoms with Crippen LogP contribution in [0, 0.1) is 9.49 Å². The predicted octanol–water partition coefficient (Wildman–Crippen LogP) is 2.01. The Bertz CT molecular complexity index is 339. The molecule has 0 aromatic carbocycles. The van der Waals surface area contributed by atoms with Crippen molar-refractivity contribution in [2.24, 2.45) is 11.7 Å². The van der Waals surface area contributed by atoms with Gasteiger partial charge < -0.3 is 11.1 Å². The predicted molar refractivity (Wildman–Crippen MR) is 73.2 cm³/mol. The van der Waals surface area contributed by atoms with E-state index in [1.165, 1.54) is 25.7 Å². The van der Waals surface area contributed by atoms with E-state index in [1.54, 1.807) is 6.33 Å². The molecule has 0 spiro atoms. The normalized spacial score (nSPS) is 18.6. The minimum atomic E-state index is 0.353. The quantitative estimate of drug-likeness (QED) is 0.828. The number of aromatic nitrogens is 2. The maximum absolute atomic E-state index is 5.84. The van der Waals surface area contributed by atoms with Crippen molar-refractivity contribution in [3.63, 3.8) is 0 Å². The summed E-state index contributed by atoms with van der Waals surface area (Å²) in [5, 5.41) is 3.46. The summed E-state index contributed by atoms with van der Waals surface area (Å²) in [6.07, 6.45) is 8.64. The molecule has 5 heteroatoms. The van der Waals surface area contributed by atoms with Gasteiger partial charge in [-0.05, 0) is 41.4 Å². The van der Waals surface area contributed by atoms with Crippen LogP contribution in [0.3, 0.4) is 0 Å². The van der Waals surface area contributed by atoms with Crippen molar-refractivity contribution in [2.45, 2.75) is 31.7 Å². The van der Waals surface area contributed by atoms with Crippen LogP contribution in [0.4, 0.5) is 5.82 Å². The average molecular weight is 332 g/mol. The molecule has 0 amide bonds. The van der Waals surface area contributed by atoms with Crippen molar-refractivity contribution in [2.75, 3.05) is 11.9 Å². The highest BCUT2D eigenvalue weighted by Gasteiger charge is 2.24. The van der Waals surface area contributed by atoms with Crippen molar-refractivity contribution in [1.29, 1.82) is 0 Å². The van der Waals surface area contributed by atoms with Gasteiger partial charge in [-0.15, -0.1) is 0 Å². The van der Waals surface area contributed by atoms with Crippen molar-refractivity contribution < 1.29 is 0 Å². The van der Waals surface area contributed by atoms with Crippen LogP contribution in [-0.4, -0.2) is 22.6 Å². The van der Waals surface area contributed by atoms with E-state index in [2.05, 4.69) is 37.9 Å². The van der Waals surface area contributed by atoms with Gasteiger partial charge in [0.2, 0.25) is 0 Å². The fraction of sp³-hybridized carbons (Fsp3) is 0.636. The van der Waals surface area contributed by atoms with Crippen LogP contribution in [0.1, 0.15) is 25.7 Å². The van der Waals surface area contributed by atoms with E-state index in [4.69, 9.17) is 5.73 Å². The second kappa shape index (κ2) is 5.77. The summed E-state index contributed by atoms with van der Waals surface area (Å²) in [7, 11) is 0. The van der Waals surface area contributed by atoms with Gasteiger partial charge in [0.05, 0.1) is 3.57 Å². The largest absolute Gasteiger partial charge is 0.365 e. The first-order chi connectivity index (χ1) is 7.81. The number of hydrogen-bond donors (Lipinski definition) is 2. The first-order valence-corrected chi connectivity index (χ1v) is 6.81. The molecule has 0 radical (unpaired) electrons. The SMILES string of the molecule is NCC(Nc1ncncc1I)C1CCCC1. The van der Waals surface area contributed by atoms with Crippen LogP contribution in [0.25, 0.3) is 0 Å². The molecule has 4 nitrogen and oxygen atoms in total. The lowest BCUT2D eigenvalue weighted by Gasteiger charge is -2.23. The van der Waals surface area contributed by atoms with Crippen LogP contribution in [0.5, 0.6) is 0 Å². The number of hydrogen-bond acceptors (Lipinski definition) is 4. The molecule has 2 rings (SSSR count). The topological polar surface area (TPSA) is 63.8 Å². The Labute approximate surface area is 110 Å². The van der Waals surface area contributed by atoms with Gasteiger partial charge in [0.25, 0.3) is 0 Å². The third-order valence-corrected chi connectivity index (χ3v) is 4.00. The fourth-order valence-electron chi connectivity index (χ4n) is 2.32. The summed E-state index contributed by atoms with van der Waals surface area (Å²) >= 11 is 2.24. The van der Waals surface area contributed by atoms with E-state index in [0.717, 1.165) is 9.39 Å². The molecule has 3 N–H and O–H groups in total. The lowest BCUT2D eigenvalue weighted by Crippen LogP contribution is -2.35. The smallest absolute Gasteiger partial charge is 0.143 e. The molecule has 1 heterocycles. The van der Waals surface area contributed by atoms with E-state index in [-0.39, 0.29) is 0 Å². The zero-order valence-corrected chi connectivity index (χ0v) is 11.4. The van der Waals surface area contributed by atoms with Crippen LogP contribution >= 0.6 is 22.6 Å². The van der Waals surface area contributed by atoms with Gasteiger partial charge in [-0.2, -0.15) is 0 Å². The van der Waals surface area contributed by atoms with Crippen LogP contribution in [0.2, 0.25) is 0 Å². The number of anilines is 1. The highest BCUT2D eigenvalue weighted by Crippen LogP contribution is 2.29. The van der Waals surface area contributed by atoms with Crippen molar-refractivity contribution in [1.82, 2.24) is 9.97 Å². The zero-order valence-electron chi connectivity index (χ0n) is 9.19. The summed E-state index contributed by atoms with van der Waals surface area (Å²) in [6, 6.07) is 0.353. The van der Waals surface area contributed by atoms with Crippen molar-refractivity contribution in [3.8, 4) is 0 Å². The molecule has 1 fully saturated rings. The molecule has 1 unspecified atom stereocenters. The minimum Gasteiger partial charge on any atom is -0.365 e. The number of rotatable bonds is 4. The molecule has 1 aromatic rings. The molecule has 1 atom stereocenters. The number of nitrogens with zero attached hydrogens (tertiary/aromatic N) is 2. The van der Waals surface area contributed by atoms with Gasteiger partial charge in [0.15, 0.2) is 0 Å². The standard InChI is InChI=1S/C11H17IN4/c12-9-6-14-7-15-11(9)16-10(5-13)8-3-1-2-4-8/h6-8,10H,1-5,13H2,(H,14,15,16). The van der Waals surface area contributed by atoms with Crippen LogP contribution in [0.15, 0.2) is 12.5 Å². The van der Waals surface area contributed by atoms with E-state index in [0.29, 0.717) is 18.5 Å². The van der Waals surface area contributed by atoms with Crippen molar-refractivity contribution in [3.05, 3.63) is 16.1 Å². The van der Waals surface area contributed by atoms with Crippen molar-refractivity contribution >= 4 is 28.4 Å². The van der Waals surface area contributed by atoms with Gasteiger partial charge in [0, 0.05) is 18.8 Å². The summed E-state index contributed by atoms with van der Waals surface area (Å²) in [6.45, 7) is 0.671. The first kappa shape index (κ1) is 12.0. The lowest BCUT2D eigenvalue weighted by atomic mass is 9.98. The van der Waals surface area contributed by atoms with Gasteiger partial charge in [0.1, 0.15) is 12.1 Å². The molecule has 1 aliphatic carbocycles. The fourth-order valence-corrected chi connectivity index (χ4v) is 2.78. The Kier molecular flexibility index (Phi) is 4.34. The molecule has 1 aromatic heterocycles. The Balaban J connectivity index is 2.03. The van der Waals surface area contributed by atoms with E-state index in [9.17, 15) is 0 Å². The molecule has 1 aliphatic rings. The van der Waals surface area contributed by atoms with Gasteiger partial charge in [-0.25, -0.2) is 9.97 Å². The zero-order chi connectivity index (χ0) is 11.4. The lowest BCUT2D eigenvalue weighted by molar-refractivity contribution is 0.461. The molecular formula is C11H17IN4. The molecule has 0 saturated heterocycles. The summed E-state index contributed by atoms with van der Waals surface area (Å²) in [5.74, 6) is 1.62. The Hall–Kier alpha value is -0.430. The summed E-state index contributed by atoms with van der Waals surface area (Å²) in [5.41, 5.74) is 5.84. The first-order valence-electron chi connectivity index (χ1n) is 5.73. The van der Waals surface area contributed by atoms with E-state index < -0.39 is 0 Å². The highest BCUT2D eigenvalue weighted by molar-refractivity contribution is 14.1. The van der Waals surface area contributed by atoms with Crippen LogP contribution in [-0.2, 0) is 0 Å². The minimum absolute atomic E-state index is 0.353. The van der Waals surface area contributed by atoms with Crippen LogP contribution < -0.4 is 11.1 Å².